The van der Waals surface area contributed by atoms with E-state index in [2.05, 4.69) is 110 Å². The normalized spacial score (nSPS) is 15.1. The maximum Gasteiger partial charge on any atom is 0.225 e. The van der Waals surface area contributed by atoms with Crippen molar-refractivity contribution in [3.05, 3.63) is 31.1 Å². The van der Waals surface area contributed by atoms with Crippen molar-refractivity contribution in [1.82, 2.24) is 54.1 Å². The monoisotopic (exact) mass is 1620 g/mol. The molecule has 5 aliphatic rings. The second kappa shape index (κ2) is 60.3. The molecule has 5 heterocycles. The van der Waals surface area contributed by atoms with Crippen LogP contribution in [-0.4, -0.2) is 270 Å². The molecule has 0 N–H and O–H groups in total. The number of carbonyl (C=O) groups is 9. The van der Waals surface area contributed by atoms with Crippen molar-refractivity contribution in [3.8, 4) is 12.3 Å². The van der Waals surface area contributed by atoms with E-state index in [-0.39, 0.29) is 52.5 Å². The van der Waals surface area contributed by atoms with Crippen LogP contribution in [0.25, 0.3) is 0 Å². The van der Waals surface area contributed by atoms with Gasteiger partial charge in [-0.25, -0.2) is 18.4 Å². The number of likely N-dealkylation sites (N-methyl/N-ethyl adjacent to an activating group) is 1. The molecule has 0 unspecified atom stereocenters. The molecule has 0 bridgehead atoms. The number of sulfone groups is 1. The molecule has 25 heteroatoms. The maximum atomic E-state index is 11.9. The smallest absolute Gasteiger partial charge is 0.225 e. The van der Waals surface area contributed by atoms with Gasteiger partial charge < -0.3 is 49.0 Å². The van der Waals surface area contributed by atoms with Gasteiger partial charge in [-0.05, 0) is 126 Å². The zero-order valence-corrected chi connectivity index (χ0v) is 77.5. The van der Waals surface area contributed by atoms with E-state index in [1.807, 2.05) is 140 Å². The van der Waals surface area contributed by atoms with Crippen molar-refractivity contribution in [2.75, 3.05) is 142 Å². The van der Waals surface area contributed by atoms with Gasteiger partial charge in [-0.2, -0.15) is 11.8 Å². The van der Waals surface area contributed by atoms with E-state index in [0.29, 0.717) is 161 Å². The van der Waals surface area contributed by atoms with Crippen LogP contribution in [0.4, 0.5) is 5.95 Å². The third-order valence-corrected chi connectivity index (χ3v) is 20.7. The zero-order valence-electron chi connectivity index (χ0n) is 75.8. The molecule has 0 spiro atoms. The van der Waals surface area contributed by atoms with E-state index in [1.165, 1.54) is 32.1 Å². The summed E-state index contributed by atoms with van der Waals surface area (Å²) in [5, 5.41) is 0. The van der Waals surface area contributed by atoms with Crippen molar-refractivity contribution in [2.45, 2.75) is 267 Å². The van der Waals surface area contributed by atoms with Gasteiger partial charge in [0.1, 0.15) is 0 Å². The molecular formula is C87H162N12O11S2. The number of likely N-dealkylation sites (tertiary alicyclic amines) is 1. The largest absolute Gasteiger partial charge is 0.343 e. The molecule has 5 fully saturated rings. The number of carbonyl (C=O) groups excluding carboxylic acids is 9. The Morgan fingerprint density at radius 2 is 0.821 bits per heavy atom. The molecule has 0 aromatic carbocycles. The van der Waals surface area contributed by atoms with Crippen molar-refractivity contribution in [2.24, 2.45) is 53.3 Å². The number of terminal acetylenes is 1. The topological polar surface area (TPSA) is 246 Å². The van der Waals surface area contributed by atoms with E-state index >= 15 is 0 Å². The minimum atomic E-state index is -2.87. The number of nitrogens with zero attached hydrogens (tertiary/aromatic N) is 12. The quantitative estimate of drug-likeness (QED) is 0.0690. The van der Waals surface area contributed by atoms with Crippen LogP contribution >= 0.6 is 11.8 Å². The lowest BCUT2D eigenvalue weighted by atomic mass is 10.0. The van der Waals surface area contributed by atoms with Crippen LogP contribution in [0.1, 0.15) is 249 Å². The Balaban J connectivity index is -0.00000120. The number of amides is 9. The molecule has 1 aromatic heterocycles. The zero-order chi connectivity index (χ0) is 86.8. The first kappa shape index (κ1) is 110. The Kier molecular flexibility index (Phi) is 59.1. The molecule has 23 nitrogen and oxygen atoms in total. The second-order valence-corrected chi connectivity index (χ2v) is 38.8. The minimum absolute atomic E-state index is 0.0496. The van der Waals surface area contributed by atoms with Crippen LogP contribution < -0.4 is 4.90 Å². The third kappa shape index (κ3) is 56.9. The SMILES string of the molecule is C#CCN(C)C(=O)CC(C)C.C=CCN(C)C(=O)CC(C)C.CC(C)CC(=O)N(C)C(C)(C)C.CC(C)CC(=O)N(C)C(C)C.CC(C)CC(=O)N(C)C1CC1.CC(C)CC(=O)N1CCCCC1.CC(C)CC(=O)N1CCN(c2ncccn2)CC1.CC(C)CC(=O)N1CCS(=O)(=O)CC1.CC(C)CC(=O)N1CCSCC1. The van der Waals surface area contributed by atoms with E-state index in [4.69, 9.17) is 6.42 Å². The number of anilines is 1. The Hall–Kier alpha value is -6.29. The standard InChI is InChI=1S/C13H20N4O.C10H19NO.C10H21NO.C9H17NO3S.C9H17NOS.C9H17NO.C9H19NO.C9H17NO.C9H15NO/c1-11(2)10-12(18)16-6-8-17(9-7-16)13-14-4-3-5-15-13;1-9(2)8-10(12)11-6-4-3-5-7-11;1-8(2)7-9(12)11(6)10(3,4)5;1-8(2)7-9(11)10-3-5-14(12,13)6-4-10;1-8(2)7-9(11)10-3-5-12-6-4-10;1-7(2)6-9(11)10(3)8-4-5-8;1-7(2)6-9(11)10(5)8(3)4;2*1-5-6-10(4)9(11)7-8(2)3/h3-5,11H,6-10H2,1-2H3;9H,3-8H2,1-2H3;8H,7H2,1-6H3;8H,3-7H2,1-2H3;8H,3-7H2,1-2H3;7-8H,4-6H2,1-3H3;7-8H,6H2,1-5H3;5,8H,1,6-7H2,2-4H3;1,8H,6-7H2,2-4H3. The van der Waals surface area contributed by atoms with E-state index in [0.717, 1.165) is 76.2 Å². The summed E-state index contributed by atoms with van der Waals surface area (Å²) in [6, 6.07) is 2.70. The number of rotatable bonds is 24. The van der Waals surface area contributed by atoms with E-state index < -0.39 is 9.84 Å². The first-order chi connectivity index (χ1) is 51.9. The molecule has 6 rings (SSSR count). The second-order valence-electron chi connectivity index (χ2n) is 35.2. The molecule has 0 atom stereocenters. The summed E-state index contributed by atoms with van der Waals surface area (Å²) in [6.07, 6.45) is 22.2. The molecule has 648 valence electrons. The molecule has 0 radical (unpaired) electrons. The van der Waals surface area contributed by atoms with E-state index in [1.54, 1.807) is 52.2 Å². The summed E-state index contributed by atoms with van der Waals surface area (Å²) < 4.78 is 22.2. The molecule has 1 saturated carbocycles. The highest BCUT2D eigenvalue weighted by Crippen LogP contribution is 2.26. The number of hydrogen-bond acceptors (Lipinski definition) is 15. The lowest BCUT2D eigenvalue weighted by Crippen LogP contribution is -2.49. The molecule has 112 heavy (non-hydrogen) atoms. The van der Waals surface area contributed by atoms with Crippen LogP contribution in [-0.2, 0) is 53.0 Å². The maximum absolute atomic E-state index is 11.9. The summed E-state index contributed by atoms with van der Waals surface area (Å²) in [5.41, 5.74) is -0.0496. The summed E-state index contributed by atoms with van der Waals surface area (Å²) in [4.78, 5) is 130. The first-order valence-corrected chi connectivity index (χ1v) is 44.6. The summed E-state index contributed by atoms with van der Waals surface area (Å²) in [7, 11) is 6.29. The summed E-state index contributed by atoms with van der Waals surface area (Å²) in [6.45, 7) is 59.6. The van der Waals surface area contributed by atoms with Crippen LogP contribution in [0.3, 0.4) is 0 Å². The summed E-state index contributed by atoms with van der Waals surface area (Å²) in [5.74, 6) is 11.8. The number of thioether (sulfide) groups is 1. The Morgan fingerprint density at radius 3 is 1.17 bits per heavy atom. The van der Waals surface area contributed by atoms with Gasteiger partial charge in [0.25, 0.3) is 0 Å². The third-order valence-electron chi connectivity index (χ3n) is 18.1. The van der Waals surface area contributed by atoms with Gasteiger partial charge in [0.2, 0.25) is 59.1 Å². The van der Waals surface area contributed by atoms with Crippen molar-refractivity contribution in [3.63, 3.8) is 0 Å². The van der Waals surface area contributed by atoms with Crippen LogP contribution in [0, 0.1) is 65.6 Å². The predicted molar refractivity (Wildman–Crippen MR) is 466 cm³/mol. The van der Waals surface area contributed by atoms with Gasteiger partial charge >= 0.3 is 0 Å². The van der Waals surface area contributed by atoms with Crippen LogP contribution in [0.15, 0.2) is 31.1 Å². The fraction of sp³-hybridized carbons (Fsp3) is 0.805. The Bertz CT molecular complexity index is 2890. The lowest BCUT2D eigenvalue weighted by Gasteiger charge is -2.35. The molecular weight excluding hydrogens is 1450 g/mol. The van der Waals surface area contributed by atoms with E-state index in [9.17, 15) is 51.6 Å². The minimum Gasteiger partial charge on any atom is -0.343 e. The Morgan fingerprint density at radius 1 is 0.482 bits per heavy atom. The molecule has 1 aliphatic carbocycles. The van der Waals surface area contributed by atoms with Gasteiger partial charge in [0.15, 0.2) is 9.84 Å². The van der Waals surface area contributed by atoms with Gasteiger partial charge in [0.05, 0.1) is 18.1 Å². The highest BCUT2D eigenvalue weighted by atomic mass is 32.2. The van der Waals surface area contributed by atoms with Crippen LogP contribution in [0.5, 0.6) is 0 Å². The lowest BCUT2D eigenvalue weighted by molar-refractivity contribution is -0.135. The number of piperidine rings is 1. The number of hydrogen-bond donors (Lipinski definition) is 0. The van der Waals surface area contributed by atoms with Crippen molar-refractivity contribution >= 4 is 80.7 Å². The average molecular weight is 1620 g/mol. The molecule has 4 saturated heterocycles. The molecule has 9 amide bonds. The van der Waals surface area contributed by atoms with Gasteiger partial charge in [0, 0.05) is 207 Å². The fourth-order valence-electron chi connectivity index (χ4n) is 10.8. The van der Waals surface area contributed by atoms with Gasteiger partial charge in [-0.15, -0.1) is 13.0 Å². The molecule has 1 aromatic rings. The van der Waals surface area contributed by atoms with Crippen molar-refractivity contribution < 1.29 is 51.6 Å². The number of piperazine rings is 1. The summed E-state index contributed by atoms with van der Waals surface area (Å²) >= 11 is 1.94. The highest BCUT2D eigenvalue weighted by molar-refractivity contribution is 7.99. The highest BCUT2D eigenvalue weighted by Gasteiger charge is 2.30. The average Bonchev–Trinajstić information content (AvgIpc) is 1.80. The van der Waals surface area contributed by atoms with Gasteiger partial charge in [-0.3, -0.25) is 43.2 Å². The fourth-order valence-corrected chi connectivity index (χ4v) is 12.9. The first-order valence-electron chi connectivity index (χ1n) is 41.6. The predicted octanol–water partition coefficient (Wildman–Crippen LogP) is 13.8. The van der Waals surface area contributed by atoms with Gasteiger partial charge in [-0.1, -0.05) is 137 Å². The number of aromatic nitrogens is 2. The van der Waals surface area contributed by atoms with Crippen molar-refractivity contribution in [1.29, 1.82) is 0 Å². The molecule has 4 aliphatic heterocycles. The Labute approximate surface area is 687 Å². The van der Waals surface area contributed by atoms with Crippen LogP contribution in [0.2, 0.25) is 0 Å².